The molecule has 5 nitrogen and oxygen atoms in total. The van der Waals surface area contributed by atoms with Gasteiger partial charge in [-0.1, -0.05) is 0 Å². The number of anilines is 1. The molecule has 1 N–H and O–H groups in total. The van der Waals surface area contributed by atoms with Gasteiger partial charge in [0.1, 0.15) is 11.9 Å². The first-order valence-electron chi connectivity index (χ1n) is 3.97. The van der Waals surface area contributed by atoms with Crippen LogP contribution in [0.5, 0.6) is 0 Å². The number of hydrogen-bond donors (Lipinski definition) is 1. The first-order chi connectivity index (χ1) is 6.15. The lowest BCUT2D eigenvalue weighted by atomic mass is 10.4. The summed E-state index contributed by atoms with van der Waals surface area (Å²) in [5.74, 6) is 0.486. The zero-order valence-corrected chi connectivity index (χ0v) is 7.94. The van der Waals surface area contributed by atoms with Crippen LogP contribution in [0.4, 0.5) is 5.82 Å². The van der Waals surface area contributed by atoms with Crippen LogP contribution in [0, 0.1) is 0 Å². The van der Waals surface area contributed by atoms with E-state index in [1.54, 1.807) is 30.9 Å². The summed E-state index contributed by atoms with van der Waals surface area (Å²) in [4.78, 5) is 11.3. The third-order valence-corrected chi connectivity index (χ3v) is 1.79. The number of aryl methyl sites for hydroxylation is 1. The topological polar surface area (TPSA) is 56.1 Å². The molecule has 1 aromatic heterocycles. The molecule has 0 aliphatic rings. The summed E-state index contributed by atoms with van der Waals surface area (Å²) in [6, 6.07) is 1.72. The Morgan fingerprint density at radius 3 is 2.92 bits per heavy atom. The minimum Gasteiger partial charge on any atom is -0.372 e. The van der Waals surface area contributed by atoms with Crippen molar-refractivity contribution in [2.24, 2.45) is 7.05 Å². The number of carbonyl (C=O) groups is 1. The number of amides is 1. The van der Waals surface area contributed by atoms with Crippen molar-refractivity contribution >= 4 is 11.7 Å². The lowest BCUT2D eigenvalue weighted by Gasteiger charge is -2.09. The number of methoxy groups -OCH3 is 1. The Morgan fingerprint density at radius 1 is 1.77 bits per heavy atom. The van der Waals surface area contributed by atoms with E-state index < -0.39 is 6.10 Å². The second-order valence-electron chi connectivity index (χ2n) is 2.71. The Hall–Kier alpha value is -1.36. The zero-order valence-electron chi connectivity index (χ0n) is 7.94. The lowest BCUT2D eigenvalue weighted by molar-refractivity contribution is -0.124. The minimum absolute atomic E-state index is 0.175. The summed E-state index contributed by atoms with van der Waals surface area (Å²) in [7, 11) is 3.25. The number of carbonyl (C=O) groups excluding carboxylic acids is 1. The molecule has 1 heterocycles. The van der Waals surface area contributed by atoms with Crippen molar-refractivity contribution < 1.29 is 9.53 Å². The van der Waals surface area contributed by atoms with E-state index in [2.05, 4.69) is 10.4 Å². The Bertz CT molecular complexity index is 295. The molecule has 1 atom stereocenters. The van der Waals surface area contributed by atoms with Crippen LogP contribution in [0.1, 0.15) is 6.92 Å². The average Bonchev–Trinajstić information content (AvgIpc) is 2.50. The summed E-state index contributed by atoms with van der Waals surface area (Å²) in [6.45, 7) is 1.69. The van der Waals surface area contributed by atoms with Crippen LogP contribution in [-0.2, 0) is 16.6 Å². The SMILES string of the molecule is COC(C)C(=O)Nc1ccnn1C. The van der Waals surface area contributed by atoms with E-state index in [-0.39, 0.29) is 5.91 Å². The first-order valence-corrected chi connectivity index (χ1v) is 3.97. The standard InChI is InChI=1S/C8H13N3O2/c1-6(13-3)8(12)10-7-4-5-9-11(7)2/h4-6H,1-3H3,(H,10,12). The van der Waals surface area contributed by atoms with Crippen molar-refractivity contribution in [2.45, 2.75) is 13.0 Å². The van der Waals surface area contributed by atoms with Gasteiger partial charge in [-0.15, -0.1) is 0 Å². The third kappa shape index (κ3) is 2.29. The maximum absolute atomic E-state index is 11.3. The van der Waals surface area contributed by atoms with E-state index in [0.29, 0.717) is 5.82 Å². The maximum atomic E-state index is 11.3. The van der Waals surface area contributed by atoms with Gasteiger partial charge in [0.05, 0.1) is 6.20 Å². The fourth-order valence-electron chi connectivity index (χ4n) is 0.831. The minimum atomic E-state index is -0.449. The molecule has 0 aliphatic carbocycles. The number of nitrogens with one attached hydrogen (secondary N) is 1. The van der Waals surface area contributed by atoms with Crippen molar-refractivity contribution in [3.8, 4) is 0 Å². The molecule has 0 radical (unpaired) electrons. The number of aromatic nitrogens is 2. The normalized spacial score (nSPS) is 12.5. The maximum Gasteiger partial charge on any atom is 0.254 e. The second-order valence-corrected chi connectivity index (χ2v) is 2.71. The number of ether oxygens (including phenoxy) is 1. The largest absolute Gasteiger partial charge is 0.372 e. The molecule has 1 rings (SSSR count). The monoisotopic (exact) mass is 183 g/mol. The molecule has 0 aromatic carbocycles. The summed E-state index contributed by atoms with van der Waals surface area (Å²) in [5, 5.41) is 6.59. The van der Waals surface area contributed by atoms with Gasteiger partial charge in [-0.2, -0.15) is 5.10 Å². The highest BCUT2D eigenvalue weighted by molar-refractivity contribution is 5.93. The highest BCUT2D eigenvalue weighted by Crippen LogP contribution is 2.04. The van der Waals surface area contributed by atoms with E-state index in [9.17, 15) is 4.79 Å². The molecule has 72 valence electrons. The van der Waals surface area contributed by atoms with Crippen LogP contribution in [0.3, 0.4) is 0 Å². The molecular formula is C8H13N3O2. The van der Waals surface area contributed by atoms with Gasteiger partial charge in [0.2, 0.25) is 0 Å². The molecule has 0 saturated heterocycles. The summed E-state index contributed by atoms with van der Waals surface area (Å²) in [6.07, 6.45) is 1.17. The molecule has 0 saturated carbocycles. The number of nitrogens with zero attached hydrogens (tertiary/aromatic N) is 2. The van der Waals surface area contributed by atoms with E-state index >= 15 is 0 Å². The molecule has 0 bridgehead atoms. The molecule has 1 unspecified atom stereocenters. The van der Waals surface area contributed by atoms with Gasteiger partial charge < -0.3 is 10.1 Å². The van der Waals surface area contributed by atoms with E-state index in [4.69, 9.17) is 4.74 Å². The van der Waals surface area contributed by atoms with Crippen LogP contribution in [0.2, 0.25) is 0 Å². The Balaban J connectivity index is 2.60. The lowest BCUT2D eigenvalue weighted by Crippen LogP contribution is -2.27. The molecular weight excluding hydrogens is 170 g/mol. The van der Waals surface area contributed by atoms with Gasteiger partial charge in [-0.3, -0.25) is 9.48 Å². The molecule has 5 heteroatoms. The average molecular weight is 183 g/mol. The van der Waals surface area contributed by atoms with Crippen LogP contribution >= 0.6 is 0 Å². The third-order valence-electron chi connectivity index (χ3n) is 1.79. The summed E-state index contributed by atoms with van der Waals surface area (Å²) >= 11 is 0. The van der Waals surface area contributed by atoms with Crippen molar-refractivity contribution in [1.29, 1.82) is 0 Å². The van der Waals surface area contributed by atoms with Gasteiger partial charge in [0, 0.05) is 20.2 Å². The van der Waals surface area contributed by atoms with Crippen molar-refractivity contribution in [2.75, 3.05) is 12.4 Å². The molecule has 0 fully saturated rings. The molecule has 0 aliphatic heterocycles. The van der Waals surface area contributed by atoms with Crippen LogP contribution in [0.25, 0.3) is 0 Å². The first kappa shape index (κ1) is 9.73. The Morgan fingerprint density at radius 2 is 2.46 bits per heavy atom. The Kier molecular flexibility index (Phi) is 3.02. The fraction of sp³-hybridized carbons (Fsp3) is 0.500. The van der Waals surface area contributed by atoms with Crippen molar-refractivity contribution in [3.05, 3.63) is 12.3 Å². The van der Waals surface area contributed by atoms with Crippen LogP contribution in [-0.4, -0.2) is 28.9 Å². The summed E-state index contributed by atoms with van der Waals surface area (Å²) in [5.41, 5.74) is 0. The van der Waals surface area contributed by atoms with Crippen LogP contribution in [0.15, 0.2) is 12.3 Å². The summed E-state index contributed by atoms with van der Waals surface area (Å²) < 4.78 is 6.44. The predicted molar refractivity (Wildman–Crippen MR) is 48.3 cm³/mol. The van der Waals surface area contributed by atoms with Gasteiger partial charge >= 0.3 is 0 Å². The quantitative estimate of drug-likeness (QED) is 0.737. The predicted octanol–water partition coefficient (Wildman–Crippen LogP) is 0.393. The molecule has 13 heavy (non-hydrogen) atoms. The van der Waals surface area contributed by atoms with Crippen molar-refractivity contribution in [3.63, 3.8) is 0 Å². The van der Waals surface area contributed by atoms with Crippen molar-refractivity contribution in [1.82, 2.24) is 9.78 Å². The number of rotatable bonds is 3. The molecule has 1 amide bonds. The van der Waals surface area contributed by atoms with Gasteiger partial charge in [0.25, 0.3) is 5.91 Å². The molecule has 1 aromatic rings. The zero-order chi connectivity index (χ0) is 9.84. The highest BCUT2D eigenvalue weighted by atomic mass is 16.5. The number of hydrogen-bond acceptors (Lipinski definition) is 3. The smallest absolute Gasteiger partial charge is 0.254 e. The van der Waals surface area contributed by atoms with E-state index in [0.717, 1.165) is 0 Å². The molecule has 0 spiro atoms. The van der Waals surface area contributed by atoms with E-state index in [1.807, 2.05) is 0 Å². The second kappa shape index (κ2) is 4.04. The Labute approximate surface area is 76.7 Å². The van der Waals surface area contributed by atoms with Gasteiger partial charge in [-0.05, 0) is 6.92 Å². The van der Waals surface area contributed by atoms with E-state index in [1.165, 1.54) is 7.11 Å². The van der Waals surface area contributed by atoms with Gasteiger partial charge in [0.15, 0.2) is 0 Å². The van der Waals surface area contributed by atoms with Gasteiger partial charge in [-0.25, -0.2) is 0 Å². The van der Waals surface area contributed by atoms with Crippen LogP contribution < -0.4 is 5.32 Å². The highest BCUT2D eigenvalue weighted by Gasteiger charge is 2.12. The fourth-order valence-corrected chi connectivity index (χ4v) is 0.831.